The number of carbonyl (C=O) groups is 1. The predicted molar refractivity (Wildman–Crippen MR) is 53.9 cm³/mol. The highest BCUT2D eigenvalue weighted by Crippen LogP contribution is 1.99. The largest absolute Gasteiger partial charge is 0.472 e. The van der Waals surface area contributed by atoms with Crippen molar-refractivity contribution < 1.29 is 9.21 Å². The third-order valence-corrected chi connectivity index (χ3v) is 1.97. The van der Waals surface area contributed by atoms with Crippen LogP contribution in [0.5, 0.6) is 0 Å². The molecule has 0 aliphatic heterocycles. The highest BCUT2D eigenvalue weighted by molar-refractivity contribution is 5.93. The molecule has 1 unspecified atom stereocenters. The van der Waals surface area contributed by atoms with Crippen LogP contribution in [0, 0.1) is 0 Å². The molecule has 1 amide bonds. The minimum absolute atomic E-state index is 0.0378. The summed E-state index contributed by atoms with van der Waals surface area (Å²) in [6, 6.07) is 1.66. The summed E-state index contributed by atoms with van der Waals surface area (Å²) in [7, 11) is 0. The van der Waals surface area contributed by atoms with Crippen molar-refractivity contribution in [3.05, 3.63) is 24.2 Å². The summed E-state index contributed by atoms with van der Waals surface area (Å²) in [4.78, 5) is 11.4. The minimum Gasteiger partial charge on any atom is -0.472 e. The third-order valence-electron chi connectivity index (χ3n) is 1.97. The van der Waals surface area contributed by atoms with E-state index < -0.39 is 0 Å². The van der Waals surface area contributed by atoms with E-state index in [1.807, 2.05) is 0 Å². The Bertz CT molecular complexity index is 270. The third kappa shape index (κ3) is 3.22. The maximum Gasteiger partial charge on any atom is 0.254 e. The maximum absolute atomic E-state index is 11.4. The summed E-state index contributed by atoms with van der Waals surface area (Å²) in [6.07, 6.45) is 4.84. The molecule has 0 spiro atoms. The predicted octanol–water partition coefficient (Wildman–Crippen LogP) is 1.14. The fourth-order valence-electron chi connectivity index (χ4n) is 1.19. The maximum atomic E-state index is 11.4. The second-order valence-corrected chi connectivity index (χ2v) is 3.27. The Morgan fingerprint density at radius 1 is 1.71 bits per heavy atom. The lowest BCUT2D eigenvalue weighted by molar-refractivity contribution is 0.0950. The van der Waals surface area contributed by atoms with E-state index in [9.17, 15) is 4.79 Å². The molecule has 0 saturated heterocycles. The Kier molecular flexibility index (Phi) is 4.19. The molecule has 3 N–H and O–H groups in total. The summed E-state index contributed by atoms with van der Waals surface area (Å²) in [5.74, 6) is -0.134. The van der Waals surface area contributed by atoms with Crippen LogP contribution in [-0.4, -0.2) is 18.5 Å². The first-order valence-corrected chi connectivity index (χ1v) is 4.80. The molecule has 1 aromatic rings. The van der Waals surface area contributed by atoms with E-state index in [-0.39, 0.29) is 11.9 Å². The number of amides is 1. The van der Waals surface area contributed by atoms with Gasteiger partial charge in [0.25, 0.3) is 5.91 Å². The van der Waals surface area contributed by atoms with Crippen molar-refractivity contribution in [3.8, 4) is 0 Å². The van der Waals surface area contributed by atoms with Gasteiger partial charge in [-0.2, -0.15) is 0 Å². The minimum atomic E-state index is -0.134. The van der Waals surface area contributed by atoms with Crippen molar-refractivity contribution in [2.75, 3.05) is 6.54 Å². The van der Waals surface area contributed by atoms with Gasteiger partial charge in [0.2, 0.25) is 0 Å². The van der Waals surface area contributed by atoms with Gasteiger partial charge in [-0.05, 0) is 12.5 Å². The first-order valence-electron chi connectivity index (χ1n) is 4.80. The van der Waals surface area contributed by atoms with Crippen LogP contribution in [0.25, 0.3) is 0 Å². The molecule has 1 rings (SSSR count). The summed E-state index contributed by atoms with van der Waals surface area (Å²) >= 11 is 0. The van der Waals surface area contributed by atoms with E-state index in [1.54, 1.807) is 6.07 Å². The standard InChI is InChI=1S/C10H16N2O2/c1-2-3-9(11)6-12-10(13)8-4-5-14-7-8/h4-5,7,9H,2-3,6,11H2,1H3,(H,12,13). The highest BCUT2D eigenvalue weighted by Gasteiger charge is 2.07. The number of nitrogens with one attached hydrogen (secondary N) is 1. The lowest BCUT2D eigenvalue weighted by Gasteiger charge is -2.10. The summed E-state index contributed by atoms with van der Waals surface area (Å²) < 4.78 is 4.80. The quantitative estimate of drug-likeness (QED) is 0.742. The van der Waals surface area contributed by atoms with E-state index >= 15 is 0 Å². The molecule has 78 valence electrons. The van der Waals surface area contributed by atoms with Crippen molar-refractivity contribution in [2.45, 2.75) is 25.8 Å². The molecule has 4 heteroatoms. The highest BCUT2D eigenvalue weighted by atomic mass is 16.3. The number of rotatable bonds is 5. The van der Waals surface area contributed by atoms with Crippen LogP contribution >= 0.6 is 0 Å². The van der Waals surface area contributed by atoms with Gasteiger partial charge in [-0.1, -0.05) is 13.3 Å². The average Bonchev–Trinajstić information content (AvgIpc) is 2.67. The van der Waals surface area contributed by atoms with Gasteiger partial charge in [0.15, 0.2) is 0 Å². The summed E-state index contributed by atoms with van der Waals surface area (Å²) in [6.45, 7) is 2.58. The second-order valence-electron chi connectivity index (χ2n) is 3.27. The van der Waals surface area contributed by atoms with Crippen molar-refractivity contribution >= 4 is 5.91 Å². The van der Waals surface area contributed by atoms with Crippen LogP contribution in [0.4, 0.5) is 0 Å². The summed E-state index contributed by atoms with van der Waals surface area (Å²) in [5.41, 5.74) is 6.28. The molecule has 1 aromatic heterocycles. The Morgan fingerprint density at radius 3 is 3.07 bits per heavy atom. The van der Waals surface area contributed by atoms with Gasteiger partial charge in [-0.25, -0.2) is 0 Å². The van der Waals surface area contributed by atoms with Crippen molar-refractivity contribution in [3.63, 3.8) is 0 Å². The molecule has 14 heavy (non-hydrogen) atoms. The van der Waals surface area contributed by atoms with Crippen LogP contribution in [0.3, 0.4) is 0 Å². The van der Waals surface area contributed by atoms with E-state index in [4.69, 9.17) is 10.2 Å². The SMILES string of the molecule is CCCC(N)CNC(=O)c1ccoc1. The Morgan fingerprint density at radius 2 is 2.50 bits per heavy atom. The first-order chi connectivity index (χ1) is 6.74. The monoisotopic (exact) mass is 196 g/mol. The van der Waals surface area contributed by atoms with Crippen LogP contribution in [0.1, 0.15) is 30.1 Å². The van der Waals surface area contributed by atoms with Crippen LogP contribution < -0.4 is 11.1 Å². The molecule has 0 fully saturated rings. The van der Waals surface area contributed by atoms with Gasteiger partial charge >= 0.3 is 0 Å². The smallest absolute Gasteiger partial charge is 0.254 e. The molecule has 4 nitrogen and oxygen atoms in total. The Labute approximate surface area is 83.5 Å². The van der Waals surface area contributed by atoms with Crippen molar-refractivity contribution in [1.82, 2.24) is 5.32 Å². The molecule has 0 bridgehead atoms. The van der Waals surface area contributed by atoms with Gasteiger partial charge in [-0.3, -0.25) is 4.79 Å². The molecule has 0 radical (unpaired) electrons. The molecule has 0 saturated carbocycles. The van der Waals surface area contributed by atoms with E-state index in [0.29, 0.717) is 12.1 Å². The van der Waals surface area contributed by atoms with Gasteiger partial charge in [0.05, 0.1) is 11.8 Å². The van der Waals surface area contributed by atoms with E-state index in [1.165, 1.54) is 12.5 Å². The van der Waals surface area contributed by atoms with Crippen molar-refractivity contribution in [1.29, 1.82) is 0 Å². The van der Waals surface area contributed by atoms with E-state index in [2.05, 4.69) is 12.2 Å². The van der Waals surface area contributed by atoms with Gasteiger partial charge in [0.1, 0.15) is 6.26 Å². The molecule has 1 heterocycles. The first kappa shape index (κ1) is 10.8. The average molecular weight is 196 g/mol. The Balaban J connectivity index is 2.28. The molecular weight excluding hydrogens is 180 g/mol. The van der Waals surface area contributed by atoms with Crippen LogP contribution in [0.15, 0.2) is 23.0 Å². The lowest BCUT2D eigenvalue weighted by atomic mass is 10.2. The molecule has 0 aliphatic rings. The zero-order chi connectivity index (χ0) is 10.4. The number of hydrogen-bond acceptors (Lipinski definition) is 3. The van der Waals surface area contributed by atoms with Gasteiger partial charge < -0.3 is 15.5 Å². The van der Waals surface area contributed by atoms with Crippen molar-refractivity contribution in [2.24, 2.45) is 5.73 Å². The van der Waals surface area contributed by atoms with Gasteiger partial charge in [0, 0.05) is 12.6 Å². The Hall–Kier alpha value is -1.29. The molecular formula is C10H16N2O2. The lowest BCUT2D eigenvalue weighted by Crippen LogP contribution is -2.36. The number of carbonyl (C=O) groups excluding carboxylic acids is 1. The van der Waals surface area contributed by atoms with Crippen LogP contribution in [0.2, 0.25) is 0 Å². The topological polar surface area (TPSA) is 68.3 Å². The molecule has 0 aromatic carbocycles. The molecule has 1 atom stereocenters. The zero-order valence-corrected chi connectivity index (χ0v) is 8.32. The van der Waals surface area contributed by atoms with Crippen LogP contribution in [-0.2, 0) is 0 Å². The zero-order valence-electron chi connectivity index (χ0n) is 8.32. The van der Waals surface area contributed by atoms with E-state index in [0.717, 1.165) is 12.8 Å². The number of nitrogens with two attached hydrogens (primary N) is 1. The fraction of sp³-hybridized carbons (Fsp3) is 0.500. The number of furan rings is 1. The van der Waals surface area contributed by atoms with Gasteiger partial charge in [-0.15, -0.1) is 0 Å². The molecule has 0 aliphatic carbocycles. The summed E-state index contributed by atoms with van der Waals surface area (Å²) in [5, 5.41) is 2.75. The number of hydrogen-bond donors (Lipinski definition) is 2. The fourth-order valence-corrected chi connectivity index (χ4v) is 1.19. The normalized spacial score (nSPS) is 12.4. The second kappa shape index (κ2) is 5.44.